The van der Waals surface area contributed by atoms with Gasteiger partial charge in [-0.3, -0.25) is 0 Å². The zero-order chi connectivity index (χ0) is 10.3. The molecule has 0 nitrogen and oxygen atoms in total. The summed E-state index contributed by atoms with van der Waals surface area (Å²) in [7, 11) is 0. The highest BCUT2D eigenvalue weighted by Crippen LogP contribution is 2.28. The van der Waals surface area contributed by atoms with Crippen LogP contribution in [0, 0.1) is 5.92 Å². The van der Waals surface area contributed by atoms with Crippen molar-refractivity contribution in [3.05, 3.63) is 0 Å². The third-order valence-corrected chi connectivity index (χ3v) is 2.46. The predicted octanol–water partition coefficient (Wildman–Crippen LogP) is 4.64. The van der Waals surface area contributed by atoms with Crippen molar-refractivity contribution in [2.75, 3.05) is 0 Å². The quantitative estimate of drug-likeness (QED) is 0.515. The molecule has 0 rings (SSSR count). The van der Waals surface area contributed by atoms with E-state index in [4.69, 9.17) is 0 Å². The minimum absolute atomic E-state index is 0.0227. The Morgan fingerprint density at radius 3 is 2.23 bits per heavy atom. The average molecular weight is 192 g/mol. The lowest BCUT2D eigenvalue weighted by Crippen LogP contribution is -2.18. The minimum Gasteiger partial charge on any atom is -0.207 e. The van der Waals surface area contributed by atoms with E-state index in [0.717, 1.165) is 19.3 Å². The Morgan fingerprint density at radius 1 is 1.15 bits per heavy atom. The highest BCUT2D eigenvalue weighted by atomic mass is 19.3. The molecule has 0 bridgehead atoms. The number of rotatable bonds is 7. The van der Waals surface area contributed by atoms with Gasteiger partial charge in [0.15, 0.2) is 0 Å². The van der Waals surface area contributed by atoms with Gasteiger partial charge >= 0.3 is 0 Å². The summed E-state index contributed by atoms with van der Waals surface area (Å²) in [6.07, 6.45) is 4.41. The van der Waals surface area contributed by atoms with Crippen molar-refractivity contribution in [3.8, 4) is 0 Å². The monoisotopic (exact) mass is 192 g/mol. The van der Waals surface area contributed by atoms with Gasteiger partial charge in [0.2, 0.25) is 5.92 Å². The SMILES string of the molecule is CCCCCC(C)CC(F)(F)CC. The fourth-order valence-electron chi connectivity index (χ4n) is 1.50. The molecule has 80 valence electrons. The number of unbranched alkanes of at least 4 members (excludes halogenated alkanes) is 2. The van der Waals surface area contributed by atoms with Gasteiger partial charge in [0, 0.05) is 12.8 Å². The lowest BCUT2D eigenvalue weighted by Gasteiger charge is -2.18. The van der Waals surface area contributed by atoms with Gasteiger partial charge in [-0.25, -0.2) is 8.78 Å². The van der Waals surface area contributed by atoms with Crippen molar-refractivity contribution >= 4 is 0 Å². The second-order valence-electron chi connectivity index (χ2n) is 4.01. The second-order valence-corrected chi connectivity index (χ2v) is 4.01. The maximum absolute atomic E-state index is 12.9. The standard InChI is InChI=1S/C11H22F2/c1-4-6-7-8-10(3)9-11(12,13)5-2/h10H,4-9H2,1-3H3. The first-order chi connectivity index (χ1) is 6.02. The molecule has 0 aliphatic carbocycles. The molecule has 2 heteroatoms. The number of hydrogen-bond donors (Lipinski definition) is 0. The largest absolute Gasteiger partial charge is 0.248 e. The minimum atomic E-state index is -2.44. The van der Waals surface area contributed by atoms with Crippen LogP contribution in [-0.4, -0.2) is 5.92 Å². The smallest absolute Gasteiger partial charge is 0.207 e. The molecule has 0 spiro atoms. The van der Waals surface area contributed by atoms with Gasteiger partial charge in [-0.2, -0.15) is 0 Å². The van der Waals surface area contributed by atoms with E-state index in [9.17, 15) is 8.78 Å². The summed E-state index contributed by atoms with van der Waals surface area (Å²) in [6.45, 7) is 5.61. The van der Waals surface area contributed by atoms with Crippen molar-refractivity contribution in [1.29, 1.82) is 0 Å². The topological polar surface area (TPSA) is 0 Å². The van der Waals surface area contributed by atoms with Crippen molar-refractivity contribution in [1.82, 2.24) is 0 Å². The second kappa shape index (κ2) is 6.33. The Morgan fingerprint density at radius 2 is 1.77 bits per heavy atom. The van der Waals surface area contributed by atoms with Crippen LogP contribution in [0.25, 0.3) is 0 Å². The van der Waals surface area contributed by atoms with Crippen molar-refractivity contribution in [3.63, 3.8) is 0 Å². The number of halogens is 2. The summed E-state index contributed by atoms with van der Waals surface area (Å²) < 4.78 is 25.8. The Bertz CT molecular complexity index is 121. The van der Waals surface area contributed by atoms with Crippen LogP contribution in [-0.2, 0) is 0 Å². The van der Waals surface area contributed by atoms with Gasteiger partial charge in [-0.1, -0.05) is 46.5 Å². The van der Waals surface area contributed by atoms with Gasteiger partial charge in [-0.15, -0.1) is 0 Å². The molecule has 1 unspecified atom stereocenters. The number of alkyl halides is 2. The maximum atomic E-state index is 12.9. The maximum Gasteiger partial charge on any atom is 0.248 e. The van der Waals surface area contributed by atoms with E-state index in [-0.39, 0.29) is 18.8 Å². The van der Waals surface area contributed by atoms with Gasteiger partial charge in [0.1, 0.15) is 0 Å². The lowest BCUT2D eigenvalue weighted by molar-refractivity contribution is -0.0255. The van der Waals surface area contributed by atoms with Gasteiger partial charge in [0.05, 0.1) is 0 Å². The molecule has 0 radical (unpaired) electrons. The molecule has 0 aliphatic heterocycles. The molecular weight excluding hydrogens is 170 g/mol. The van der Waals surface area contributed by atoms with Crippen LogP contribution in [0.3, 0.4) is 0 Å². The molecule has 0 saturated carbocycles. The van der Waals surface area contributed by atoms with Crippen LogP contribution in [0.2, 0.25) is 0 Å². The zero-order valence-corrected chi connectivity index (χ0v) is 9.08. The average Bonchev–Trinajstić information content (AvgIpc) is 2.04. The summed E-state index contributed by atoms with van der Waals surface area (Å²) >= 11 is 0. The van der Waals surface area contributed by atoms with Crippen LogP contribution in [0.1, 0.15) is 59.3 Å². The molecule has 0 aromatic heterocycles. The fourth-order valence-corrected chi connectivity index (χ4v) is 1.50. The van der Waals surface area contributed by atoms with Crippen molar-refractivity contribution in [2.24, 2.45) is 5.92 Å². The first-order valence-electron chi connectivity index (χ1n) is 5.39. The third-order valence-electron chi connectivity index (χ3n) is 2.46. The van der Waals surface area contributed by atoms with Crippen LogP contribution < -0.4 is 0 Å². The molecule has 0 heterocycles. The van der Waals surface area contributed by atoms with Crippen LogP contribution in [0.15, 0.2) is 0 Å². The highest BCUT2D eigenvalue weighted by molar-refractivity contribution is 4.67. The molecule has 0 fully saturated rings. The first kappa shape index (κ1) is 12.9. The molecule has 0 N–H and O–H groups in total. The van der Waals surface area contributed by atoms with E-state index in [2.05, 4.69) is 6.92 Å². The lowest BCUT2D eigenvalue weighted by atomic mass is 9.95. The molecule has 1 atom stereocenters. The first-order valence-corrected chi connectivity index (χ1v) is 5.39. The Labute approximate surface area is 80.7 Å². The fraction of sp³-hybridized carbons (Fsp3) is 1.00. The molecule has 0 aromatic rings. The molecule has 0 aromatic carbocycles. The summed E-state index contributed by atoms with van der Waals surface area (Å²) in [5.41, 5.74) is 0. The van der Waals surface area contributed by atoms with Gasteiger partial charge in [0.25, 0.3) is 0 Å². The van der Waals surface area contributed by atoms with Crippen LogP contribution in [0.4, 0.5) is 8.78 Å². The summed E-state index contributed by atoms with van der Waals surface area (Å²) in [6, 6.07) is 0. The van der Waals surface area contributed by atoms with E-state index in [0.29, 0.717) is 0 Å². The van der Waals surface area contributed by atoms with E-state index in [1.165, 1.54) is 6.42 Å². The Balaban J connectivity index is 3.55. The molecular formula is C11H22F2. The van der Waals surface area contributed by atoms with Crippen LogP contribution in [0.5, 0.6) is 0 Å². The van der Waals surface area contributed by atoms with Crippen molar-refractivity contribution in [2.45, 2.75) is 65.2 Å². The molecule has 0 saturated heterocycles. The Kier molecular flexibility index (Phi) is 6.27. The van der Waals surface area contributed by atoms with Crippen molar-refractivity contribution < 1.29 is 8.78 Å². The summed E-state index contributed by atoms with van der Waals surface area (Å²) in [5.74, 6) is -2.27. The normalized spacial score (nSPS) is 14.5. The predicted molar refractivity (Wildman–Crippen MR) is 53.2 cm³/mol. The third kappa shape index (κ3) is 6.97. The van der Waals surface area contributed by atoms with E-state index in [1.54, 1.807) is 6.92 Å². The van der Waals surface area contributed by atoms with E-state index >= 15 is 0 Å². The molecule has 0 amide bonds. The molecule has 13 heavy (non-hydrogen) atoms. The summed E-state index contributed by atoms with van der Waals surface area (Å²) in [4.78, 5) is 0. The van der Waals surface area contributed by atoms with Crippen LogP contribution >= 0.6 is 0 Å². The Hall–Kier alpha value is -0.140. The highest BCUT2D eigenvalue weighted by Gasteiger charge is 2.28. The number of hydrogen-bond acceptors (Lipinski definition) is 0. The van der Waals surface area contributed by atoms with E-state index in [1.807, 2.05) is 6.92 Å². The van der Waals surface area contributed by atoms with E-state index < -0.39 is 5.92 Å². The summed E-state index contributed by atoms with van der Waals surface area (Å²) in [5, 5.41) is 0. The zero-order valence-electron chi connectivity index (χ0n) is 9.08. The molecule has 0 aliphatic rings. The van der Waals surface area contributed by atoms with Gasteiger partial charge < -0.3 is 0 Å². The van der Waals surface area contributed by atoms with Gasteiger partial charge in [-0.05, 0) is 5.92 Å².